The minimum absolute atomic E-state index is 0.0340. The second-order valence-corrected chi connectivity index (χ2v) is 6.52. The molecule has 0 spiro atoms. The second-order valence-electron chi connectivity index (χ2n) is 6.52. The van der Waals surface area contributed by atoms with Crippen molar-refractivity contribution in [2.45, 2.75) is 57.8 Å². The van der Waals surface area contributed by atoms with Crippen LogP contribution in [0.15, 0.2) is 12.7 Å². The molecule has 0 aromatic heterocycles. The average Bonchev–Trinajstić information content (AvgIpc) is 3.18. The number of hydrogen-bond donors (Lipinski definition) is 0. The summed E-state index contributed by atoms with van der Waals surface area (Å²) in [6.07, 6.45) is 5.12. The zero-order chi connectivity index (χ0) is 15.4. The lowest BCUT2D eigenvalue weighted by Gasteiger charge is -2.40. The predicted octanol–water partition coefficient (Wildman–Crippen LogP) is 2.96. The highest BCUT2D eigenvalue weighted by Gasteiger charge is 2.42. The van der Waals surface area contributed by atoms with Crippen LogP contribution >= 0.6 is 0 Å². The van der Waals surface area contributed by atoms with E-state index in [9.17, 15) is 4.79 Å². The number of hydrogen-bond acceptors (Lipinski definition) is 4. The van der Waals surface area contributed by atoms with Gasteiger partial charge in [0, 0.05) is 31.8 Å². The van der Waals surface area contributed by atoms with E-state index in [0.717, 1.165) is 19.3 Å². The number of ether oxygens (including phenoxy) is 3. The van der Waals surface area contributed by atoms with Crippen LogP contribution in [0.25, 0.3) is 0 Å². The fourth-order valence-electron chi connectivity index (χ4n) is 3.23. The molecule has 0 N–H and O–H groups in total. The van der Waals surface area contributed by atoms with E-state index in [4.69, 9.17) is 14.2 Å². The summed E-state index contributed by atoms with van der Waals surface area (Å²) in [5.74, 6) is 1.46. The summed E-state index contributed by atoms with van der Waals surface area (Å²) in [7, 11) is 1.63. The highest BCUT2D eigenvalue weighted by Crippen LogP contribution is 2.40. The third-order valence-corrected chi connectivity index (χ3v) is 4.79. The highest BCUT2D eigenvalue weighted by molar-refractivity contribution is 5.84. The molecule has 4 nitrogen and oxygen atoms in total. The molecule has 1 heterocycles. The van der Waals surface area contributed by atoms with Gasteiger partial charge in [0.1, 0.15) is 12.6 Å². The Morgan fingerprint density at radius 1 is 1.38 bits per heavy atom. The molecule has 2 fully saturated rings. The van der Waals surface area contributed by atoms with Crippen molar-refractivity contribution in [3.63, 3.8) is 0 Å². The van der Waals surface area contributed by atoms with E-state index in [0.29, 0.717) is 18.1 Å². The zero-order valence-electron chi connectivity index (χ0n) is 13.4. The minimum atomic E-state index is -0.0340. The molecule has 0 aromatic rings. The molecule has 1 saturated heterocycles. The van der Waals surface area contributed by atoms with Crippen LogP contribution < -0.4 is 0 Å². The van der Waals surface area contributed by atoms with Crippen molar-refractivity contribution in [1.82, 2.24) is 0 Å². The van der Waals surface area contributed by atoms with Crippen LogP contribution in [0, 0.1) is 17.8 Å². The number of ketones is 1. The molecule has 1 saturated carbocycles. The van der Waals surface area contributed by atoms with E-state index in [-0.39, 0.29) is 36.9 Å². The van der Waals surface area contributed by atoms with Crippen molar-refractivity contribution in [2.24, 2.45) is 17.8 Å². The van der Waals surface area contributed by atoms with Crippen LogP contribution in [0.2, 0.25) is 0 Å². The molecule has 6 atom stereocenters. The van der Waals surface area contributed by atoms with Crippen molar-refractivity contribution < 1.29 is 19.0 Å². The average molecular weight is 296 g/mol. The lowest BCUT2D eigenvalue weighted by Crippen LogP contribution is -2.45. The summed E-state index contributed by atoms with van der Waals surface area (Å²) in [5.41, 5.74) is 0. The van der Waals surface area contributed by atoms with Gasteiger partial charge in [-0.3, -0.25) is 4.79 Å². The van der Waals surface area contributed by atoms with E-state index in [1.807, 2.05) is 6.08 Å². The van der Waals surface area contributed by atoms with Crippen molar-refractivity contribution in [1.29, 1.82) is 0 Å². The van der Waals surface area contributed by atoms with E-state index in [1.165, 1.54) is 0 Å². The summed E-state index contributed by atoms with van der Waals surface area (Å²) in [6.45, 7) is 8.36. The van der Waals surface area contributed by atoms with Crippen LogP contribution in [0.5, 0.6) is 0 Å². The summed E-state index contributed by atoms with van der Waals surface area (Å²) in [5, 5.41) is 0. The maximum Gasteiger partial charge on any atom is 0.146 e. The Kier molecular flexibility index (Phi) is 5.97. The molecule has 2 rings (SSSR count). The van der Waals surface area contributed by atoms with Gasteiger partial charge in [0.05, 0.1) is 18.3 Å². The van der Waals surface area contributed by atoms with Gasteiger partial charge in [0.15, 0.2) is 0 Å². The van der Waals surface area contributed by atoms with Crippen LogP contribution in [0.1, 0.15) is 39.5 Å². The molecule has 4 heteroatoms. The molecule has 0 bridgehead atoms. The minimum Gasteiger partial charge on any atom is -0.374 e. The molecule has 0 radical (unpaired) electrons. The third kappa shape index (κ3) is 4.38. The first kappa shape index (κ1) is 16.7. The van der Waals surface area contributed by atoms with Gasteiger partial charge in [-0.15, -0.1) is 6.58 Å². The monoisotopic (exact) mass is 296 g/mol. The first-order valence-electron chi connectivity index (χ1n) is 7.96. The van der Waals surface area contributed by atoms with Crippen molar-refractivity contribution in [2.75, 3.05) is 13.9 Å². The van der Waals surface area contributed by atoms with Gasteiger partial charge in [-0.05, 0) is 18.8 Å². The summed E-state index contributed by atoms with van der Waals surface area (Å²) < 4.78 is 16.9. The number of carbonyl (C=O) groups is 1. The van der Waals surface area contributed by atoms with Crippen molar-refractivity contribution in [3.05, 3.63) is 12.7 Å². The van der Waals surface area contributed by atoms with Crippen LogP contribution in [-0.4, -0.2) is 38.0 Å². The van der Waals surface area contributed by atoms with Gasteiger partial charge in [-0.25, -0.2) is 0 Å². The van der Waals surface area contributed by atoms with Gasteiger partial charge in [-0.1, -0.05) is 19.9 Å². The standard InChI is InChI=1S/C17H28O4/c1-5-6-16-12(3)17(20-10-19-4)9-13(21-16)8-15(18)14-7-11(14)2/h5,11-14,16-17H,1,6-10H2,2-4H3/t11-,12+,13-,14-,16+,17+/m1/s1. The fourth-order valence-corrected chi connectivity index (χ4v) is 3.23. The van der Waals surface area contributed by atoms with Crippen molar-refractivity contribution in [3.8, 4) is 0 Å². The Morgan fingerprint density at radius 3 is 2.67 bits per heavy atom. The second kappa shape index (κ2) is 7.52. The molecule has 0 aromatic carbocycles. The molecular weight excluding hydrogens is 268 g/mol. The normalized spacial score (nSPS) is 39.0. The quantitative estimate of drug-likeness (QED) is 0.510. The first-order chi connectivity index (χ1) is 10.1. The third-order valence-electron chi connectivity index (χ3n) is 4.79. The van der Waals surface area contributed by atoms with Crippen molar-refractivity contribution >= 4 is 5.78 Å². The first-order valence-corrected chi connectivity index (χ1v) is 7.96. The van der Waals surface area contributed by atoms with Gasteiger partial charge >= 0.3 is 0 Å². The van der Waals surface area contributed by atoms with Gasteiger partial charge < -0.3 is 14.2 Å². The Morgan fingerprint density at radius 2 is 2.10 bits per heavy atom. The predicted molar refractivity (Wildman–Crippen MR) is 80.9 cm³/mol. The highest BCUT2D eigenvalue weighted by atomic mass is 16.7. The van der Waals surface area contributed by atoms with Crippen LogP contribution in [0.3, 0.4) is 0 Å². The number of Topliss-reactive ketones (excluding diaryl/α,β-unsaturated/α-hetero) is 1. The van der Waals surface area contributed by atoms with Crippen LogP contribution in [0.4, 0.5) is 0 Å². The molecule has 1 aliphatic carbocycles. The molecule has 0 unspecified atom stereocenters. The zero-order valence-corrected chi connectivity index (χ0v) is 13.4. The molecule has 21 heavy (non-hydrogen) atoms. The molecule has 2 aliphatic rings. The maximum absolute atomic E-state index is 12.2. The van der Waals surface area contributed by atoms with Crippen LogP contribution in [-0.2, 0) is 19.0 Å². The maximum atomic E-state index is 12.2. The summed E-state index contributed by atoms with van der Waals surface area (Å²) >= 11 is 0. The number of methoxy groups -OCH3 is 1. The van der Waals surface area contributed by atoms with E-state index in [1.54, 1.807) is 7.11 Å². The van der Waals surface area contributed by atoms with Gasteiger partial charge in [0.25, 0.3) is 0 Å². The number of carbonyl (C=O) groups excluding carboxylic acids is 1. The lowest BCUT2D eigenvalue weighted by molar-refractivity contribution is -0.177. The Balaban J connectivity index is 1.93. The summed E-state index contributed by atoms with van der Waals surface area (Å²) in [6, 6.07) is 0. The van der Waals surface area contributed by atoms with E-state index < -0.39 is 0 Å². The lowest BCUT2D eigenvalue weighted by atomic mass is 9.87. The Hall–Kier alpha value is -0.710. The smallest absolute Gasteiger partial charge is 0.146 e. The van der Waals surface area contributed by atoms with E-state index >= 15 is 0 Å². The fraction of sp³-hybridized carbons (Fsp3) is 0.824. The Labute approximate surface area is 127 Å². The molecular formula is C17H28O4. The van der Waals surface area contributed by atoms with E-state index in [2.05, 4.69) is 20.4 Å². The SMILES string of the molecule is C=CC[C@@H]1O[C@H](CC(=O)[C@@H]2C[C@H]2C)C[C@H](OCOC)[C@H]1C. The van der Waals surface area contributed by atoms with Gasteiger partial charge in [0.2, 0.25) is 0 Å². The molecule has 0 amide bonds. The molecule has 120 valence electrons. The topological polar surface area (TPSA) is 44.8 Å². The number of rotatable bonds is 8. The van der Waals surface area contributed by atoms with Gasteiger partial charge in [-0.2, -0.15) is 0 Å². The summed E-state index contributed by atoms with van der Waals surface area (Å²) in [4.78, 5) is 12.2. The Bertz CT molecular complexity index is 368. The molecule has 1 aliphatic heterocycles. The largest absolute Gasteiger partial charge is 0.374 e.